The van der Waals surface area contributed by atoms with E-state index in [-0.39, 0.29) is 0 Å². The van der Waals surface area contributed by atoms with Crippen LogP contribution in [0.3, 0.4) is 0 Å². The van der Waals surface area contributed by atoms with Gasteiger partial charge in [-0.25, -0.2) is 0 Å². The SMILES string of the molecule is CCCCOCCOCc1occc1CNCC(C)C. The summed E-state index contributed by atoms with van der Waals surface area (Å²) in [7, 11) is 0. The molecular weight excluding hydrogens is 254 g/mol. The number of ether oxygens (including phenoxy) is 2. The molecule has 1 heterocycles. The number of rotatable bonds is 12. The number of hydrogen-bond acceptors (Lipinski definition) is 4. The van der Waals surface area contributed by atoms with Crippen molar-refractivity contribution in [1.82, 2.24) is 5.32 Å². The van der Waals surface area contributed by atoms with Crippen LogP contribution in [-0.4, -0.2) is 26.4 Å². The summed E-state index contributed by atoms with van der Waals surface area (Å²) in [5.74, 6) is 1.57. The fourth-order valence-electron chi connectivity index (χ4n) is 1.78. The monoisotopic (exact) mass is 283 g/mol. The maximum absolute atomic E-state index is 5.58. The van der Waals surface area contributed by atoms with Crippen LogP contribution in [0.15, 0.2) is 16.7 Å². The molecule has 0 fully saturated rings. The van der Waals surface area contributed by atoms with Crippen LogP contribution < -0.4 is 5.32 Å². The summed E-state index contributed by atoms with van der Waals surface area (Å²) in [5.41, 5.74) is 1.18. The van der Waals surface area contributed by atoms with Crippen molar-refractivity contribution >= 4 is 0 Å². The fraction of sp³-hybridized carbons (Fsp3) is 0.750. The van der Waals surface area contributed by atoms with Gasteiger partial charge in [-0.3, -0.25) is 0 Å². The van der Waals surface area contributed by atoms with E-state index in [1.807, 2.05) is 6.07 Å². The van der Waals surface area contributed by atoms with Crippen molar-refractivity contribution < 1.29 is 13.9 Å². The number of hydrogen-bond donors (Lipinski definition) is 1. The van der Waals surface area contributed by atoms with E-state index in [1.165, 1.54) is 12.0 Å². The van der Waals surface area contributed by atoms with E-state index in [2.05, 4.69) is 26.1 Å². The van der Waals surface area contributed by atoms with Gasteiger partial charge in [-0.15, -0.1) is 0 Å². The minimum absolute atomic E-state index is 0.517. The molecule has 0 spiro atoms. The van der Waals surface area contributed by atoms with E-state index in [9.17, 15) is 0 Å². The Morgan fingerprint density at radius 3 is 2.75 bits per heavy atom. The third kappa shape index (κ3) is 7.68. The minimum Gasteiger partial charge on any atom is -0.467 e. The lowest BCUT2D eigenvalue weighted by atomic mass is 10.2. The first-order valence-electron chi connectivity index (χ1n) is 7.65. The van der Waals surface area contributed by atoms with Crippen molar-refractivity contribution in [2.24, 2.45) is 5.92 Å². The molecule has 0 saturated heterocycles. The van der Waals surface area contributed by atoms with E-state index >= 15 is 0 Å². The summed E-state index contributed by atoms with van der Waals surface area (Å²) in [5, 5.41) is 3.41. The van der Waals surface area contributed by atoms with Crippen molar-refractivity contribution in [1.29, 1.82) is 0 Å². The molecule has 1 rings (SSSR count). The van der Waals surface area contributed by atoms with Gasteiger partial charge in [0.1, 0.15) is 12.4 Å². The summed E-state index contributed by atoms with van der Waals surface area (Å²) in [6, 6.07) is 2.00. The Morgan fingerprint density at radius 2 is 2.00 bits per heavy atom. The molecule has 0 aliphatic rings. The summed E-state index contributed by atoms with van der Waals surface area (Å²) in [6.07, 6.45) is 4.01. The van der Waals surface area contributed by atoms with Gasteiger partial charge in [-0.2, -0.15) is 0 Å². The zero-order valence-corrected chi connectivity index (χ0v) is 13.1. The van der Waals surface area contributed by atoms with E-state index in [1.54, 1.807) is 6.26 Å². The molecular formula is C16H29NO3. The van der Waals surface area contributed by atoms with Crippen molar-refractivity contribution in [3.63, 3.8) is 0 Å². The van der Waals surface area contributed by atoms with Crippen molar-refractivity contribution in [2.75, 3.05) is 26.4 Å². The quantitative estimate of drug-likeness (QED) is 0.597. The first kappa shape index (κ1) is 17.2. The van der Waals surface area contributed by atoms with E-state index in [0.29, 0.717) is 25.7 Å². The van der Waals surface area contributed by atoms with Crippen molar-refractivity contribution in [3.8, 4) is 0 Å². The van der Waals surface area contributed by atoms with Crippen molar-refractivity contribution in [3.05, 3.63) is 23.7 Å². The Hall–Kier alpha value is -0.840. The van der Waals surface area contributed by atoms with Crippen LogP contribution in [0.5, 0.6) is 0 Å². The Labute approximate surface area is 122 Å². The number of unbranched alkanes of at least 4 members (excludes halogenated alkanes) is 1. The molecule has 0 amide bonds. The average Bonchev–Trinajstić information content (AvgIpc) is 2.85. The number of nitrogens with one attached hydrogen (secondary N) is 1. The van der Waals surface area contributed by atoms with Gasteiger partial charge in [0.05, 0.1) is 19.5 Å². The third-order valence-corrected chi connectivity index (χ3v) is 2.95. The van der Waals surface area contributed by atoms with Crippen LogP contribution in [0.1, 0.15) is 44.9 Å². The van der Waals surface area contributed by atoms with Crippen LogP contribution in [0.4, 0.5) is 0 Å². The molecule has 1 aromatic rings. The van der Waals surface area contributed by atoms with Gasteiger partial charge in [0.2, 0.25) is 0 Å². The zero-order valence-electron chi connectivity index (χ0n) is 13.1. The molecule has 0 aliphatic heterocycles. The highest BCUT2D eigenvalue weighted by Gasteiger charge is 2.06. The first-order valence-corrected chi connectivity index (χ1v) is 7.65. The van der Waals surface area contributed by atoms with Crippen LogP contribution >= 0.6 is 0 Å². The Kier molecular flexibility index (Phi) is 9.37. The predicted octanol–water partition coefficient (Wildman–Crippen LogP) is 3.36. The molecule has 116 valence electrons. The van der Waals surface area contributed by atoms with E-state index < -0.39 is 0 Å². The predicted molar refractivity (Wildman–Crippen MR) is 80.6 cm³/mol. The highest BCUT2D eigenvalue weighted by atomic mass is 16.5. The molecule has 0 unspecified atom stereocenters. The summed E-state index contributed by atoms with van der Waals surface area (Å²) >= 11 is 0. The average molecular weight is 283 g/mol. The lowest BCUT2D eigenvalue weighted by Crippen LogP contribution is -2.19. The van der Waals surface area contributed by atoms with Crippen LogP contribution in [0.25, 0.3) is 0 Å². The topological polar surface area (TPSA) is 43.6 Å². The highest BCUT2D eigenvalue weighted by Crippen LogP contribution is 2.11. The molecule has 4 heteroatoms. The van der Waals surface area contributed by atoms with E-state index in [0.717, 1.165) is 31.9 Å². The van der Waals surface area contributed by atoms with Crippen LogP contribution in [-0.2, 0) is 22.6 Å². The van der Waals surface area contributed by atoms with Gasteiger partial charge in [0.25, 0.3) is 0 Å². The van der Waals surface area contributed by atoms with Gasteiger partial charge in [0, 0.05) is 18.7 Å². The molecule has 0 aromatic carbocycles. The first-order chi connectivity index (χ1) is 9.74. The van der Waals surface area contributed by atoms with Gasteiger partial charge in [-0.05, 0) is 24.9 Å². The number of furan rings is 1. The Balaban J connectivity index is 2.12. The minimum atomic E-state index is 0.517. The summed E-state index contributed by atoms with van der Waals surface area (Å²) < 4.78 is 16.5. The molecule has 1 N–H and O–H groups in total. The lowest BCUT2D eigenvalue weighted by Gasteiger charge is -2.08. The Bertz CT molecular complexity index is 336. The molecule has 0 saturated carbocycles. The van der Waals surface area contributed by atoms with Gasteiger partial charge < -0.3 is 19.2 Å². The van der Waals surface area contributed by atoms with Gasteiger partial charge in [0.15, 0.2) is 0 Å². The van der Waals surface area contributed by atoms with Gasteiger partial charge in [-0.1, -0.05) is 27.2 Å². The maximum Gasteiger partial charge on any atom is 0.133 e. The molecule has 0 radical (unpaired) electrons. The Morgan fingerprint density at radius 1 is 1.20 bits per heavy atom. The van der Waals surface area contributed by atoms with Crippen molar-refractivity contribution in [2.45, 2.75) is 46.8 Å². The van der Waals surface area contributed by atoms with Crippen LogP contribution in [0, 0.1) is 5.92 Å². The van der Waals surface area contributed by atoms with Gasteiger partial charge >= 0.3 is 0 Å². The largest absolute Gasteiger partial charge is 0.467 e. The second kappa shape index (κ2) is 10.9. The highest BCUT2D eigenvalue weighted by molar-refractivity contribution is 5.16. The fourth-order valence-corrected chi connectivity index (χ4v) is 1.78. The molecule has 1 aromatic heterocycles. The standard InChI is InChI=1S/C16H29NO3/c1-4-5-7-18-9-10-19-13-16-15(6-8-20-16)12-17-11-14(2)3/h6,8,14,17H,4-5,7,9-13H2,1-3H3. The molecule has 0 bridgehead atoms. The normalized spacial score (nSPS) is 11.4. The lowest BCUT2D eigenvalue weighted by molar-refractivity contribution is 0.0336. The van der Waals surface area contributed by atoms with Crippen LogP contribution in [0.2, 0.25) is 0 Å². The zero-order chi connectivity index (χ0) is 14.6. The second-order valence-corrected chi connectivity index (χ2v) is 5.41. The summed E-state index contributed by atoms with van der Waals surface area (Å²) in [6.45, 7) is 11.0. The molecule has 0 aliphatic carbocycles. The summed E-state index contributed by atoms with van der Waals surface area (Å²) in [4.78, 5) is 0. The molecule has 4 nitrogen and oxygen atoms in total. The second-order valence-electron chi connectivity index (χ2n) is 5.41. The maximum atomic E-state index is 5.58. The smallest absolute Gasteiger partial charge is 0.133 e. The molecule has 20 heavy (non-hydrogen) atoms. The third-order valence-electron chi connectivity index (χ3n) is 2.95. The van der Waals surface area contributed by atoms with E-state index in [4.69, 9.17) is 13.9 Å². The molecule has 0 atom stereocenters.